The van der Waals surface area contributed by atoms with Crippen molar-refractivity contribution in [2.45, 2.75) is 32.8 Å². The summed E-state index contributed by atoms with van der Waals surface area (Å²) in [5, 5.41) is 0. The first-order chi connectivity index (χ1) is 7.64. The highest BCUT2D eigenvalue weighted by molar-refractivity contribution is 7.86. The summed E-state index contributed by atoms with van der Waals surface area (Å²) in [7, 11) is -3.35. The molecule has 0 bridgehead atoms. The lowest BCUT2D eigenvalue weighted by Crippen LogP contribution is -2.10. The maximum atomic E-state index is 11.5. The van der Waals surface area contributed by atoms with Crippen molar-refractivity contribution in [3.63, 3.8) is 0 Å². The highest BCUT2D eigenvalue weighted by atomic mass is 32.2. The Bertz CT molecular complexity index is 384. The first-order valence-corrected chi connectivity index (χ1v) is 7.13. The molecule has 0 saturated carbocycles. The largest absolute Gasteiger partial charge is 0.267 e. The fraction of sp³-hybridized carbons (Fsp3) is 0.500. The van der Waals surface area contributed by atoms with Crippen molar-refractivity contribution >= 4 is 10.1 Å². The van der Waals surface area contributed by atoms with E-state index >= 15 is 0 Å². The van der Waals surface area contributed by atoms with Crippen LogP contribution in [0.25, 0.3) is 0 Å². The van der Waals surface area contributed by atoms with Crippen molar-refractivity contribution < 1.29 is 12.6 Å². The molecule has 0 atom stereocenters. The lowest BCUT2D eigenvalue weighted by molar-refractivity contribution is 0.307. The van der Waals surface area contributed by atoms with Gasteiger partial charge in [0.1, 0.15) is 0 Å². The quantitative estimate of drug-likeness (QED) is 0.545. The van der Waals surface area contributed by atoms with Gasteiger partial charge in [-0.1, -0.05) is 50.1 Å². The van der Waals surface area contributed by atoms with Crippen LogP contribution in [0.2, 0.25) is 0 Å². The average Bonchev–Trinajstić information content (AvgIpc) is 2.28. The van der Waals surface area contributed by atoms with Gasteiger partial charge in [0.2, 0.25) is 0 Å². The minimum atomic E-state index is -3.35. The highest BCUT2D eigenvalue weighted by Gasteiger charge is 2.10. The molecule has 0 fully saturated rings. The van der Waals surface area contributed by atoms with Crippen molar-refractivity contribution in [3.05, 3.63) is 35.9 Å². The summed E-state index contributed by atoms with van der Waals surface area (Å²) in [5.74, 6) is 0.119. The summed E-state index contributed by atoms with van der Waals surface area (Å²) >= 11 is 0. The molecular weight excluding hydrogens is 224 g/mol. The third kappa shape index (κ3) is 5.28. The molecule has 0 N–H and O–H groups in total. The second-order valence-corrected chi connectivity index (χ2v) is 5.48. The fourth-order valence-electron chi connectivity index (χ4n) is 1.32. The molecule has 0 amide bonds. The molecule has 0 unspecified atom stereocenters. The molecule has 0 aliphatic rings. The summed E-state index contributed by atoms with van der Waals surface area (Å²) < 4.78 is 27.8. The van der Waals surface area contributed by atoms with Crippen molar-refractivity contribution in [1.82, 2.24) is 0 Å². The third-order valence-corrected chi connectivity index (χ3v) is 3.51. The standard InChI is InChI=1S/C12H18O3S/c1-2-3-7-10-16(13,14)15-11-12-8-5-4-6-9-12/h4-6,8-9H,2-3,7,10-11H2,1H3. The van der Waals surface area contributed by atoms with E-state index in [9.17, 15) is 8.42 Å². The second kappa shape index (κ2) is 6.66. The lowest BCUT2D eigenvalue weighted by atomic mass is 10.2. The van der Waals surface area contributed by atoms with Crippen LogP contribution in [0.15, 0.2) is 30.3 Å². The van der Waals surface area contributed by atoms with Crippen LogP contribution in [0.1, 0.15) is 31.7 Å². The number of rotatable bonds is 7. The number of hydrogen-bond donors (Lipinski definition) is 0. The number of unbranched alkanes of at least 4 members (excludes halogenated alkanes) is 2. The third-order valence-electron chi connectivity index (χ3n) is 2.25. The lowest BCUT2D eigenvalue weighted by Gasteiger charge is -2.05. The molecular formula is C12H18O3S. The predicted octanol–water partition coefficient (Wildman–Crippen LogP) is 2.72. The van der Waals surface area contributed by atoms with Crippen LogP contribution in [0.5, 0.6) is 0 Å². The van der Waals surface area contributed by atoms with Crippen LogP contribution in [-0.2, 0) is 20.9 Å². The maximum Gasteiger partial charge on any atom is 0.267 e. The molecule has 90 valence electrons. The van der Waals surface area contributed by atoms with E-state index in [4.69, 9.17) is 4.18 Å². The molecule has 0 saturated heterocycles. The molecule has 0 radical (unpaired) electrons. The van der Waals surface area contributed by atoms with Crippen molar-refractivity contribution in [2.24, 2.45) is 0 Å². The van der Waals surface area contributed by atoms with Crippen molar-refractivity contribution in [1.29, 1.82) is 0 Å². The summed E-state index contributed by atoms with van der Waals surface area (Å²) in [6.07, 6.45) is 2.61. The Morgan fingerprint density at radius 3 is 2.44 bits per heavy atom. The van der Waals surface area contributed by atoms with Crippen LogP contribution >= 0.6 is 0 Å². The van der Waals surface area contributed by atoms with Gasteiger partial charge in [-0.2, -0.15) is 8.42 Å². The predicted molar refractivity (Wildman–Crippen MR) is 64.5 cm³/mol. The Labute approximate surface area is 97.6 Å². The first-order valence-electron chi connectivity index (χ1n) is 5.55. The molecule has 3 nitrogen and oxygen atoms in total. The molecule has 0 aromatic heterocycles. The summed E-state index contributed by atoms with van der Waals surface area (Å²) in [6.45, 7) is 2.17. The Morgan fingerprint density at radius 2 is 1.81 bits per heavy atom. The van der Waals surface area contributed by atoms with E-state index in [2.05, 4.69) is 0 Å². The molecule has 1 rings (SSSR count). The molecule has 16 heavy (non-hydrogen) atoms. The Balaban J connectivity index is 2.36. The van der Waals surface area contributed by atoms with Crippen LogP contribution in [0.3, 0.4) is 0 Å². The monoisotopic (exact) mass is 242 g/mol. The van der Waals surface area contributed by atoms with Crippen LogP contribution in [0, 0.1) is 0 Å². The topological polar surface area (TPSA) is 43.4 Å². The summed E-state index contributed by atoms with van der Waals surface area (Å²) in [4.78, 5) is 0. The second-order valence-electron chi connectivity index (χ2n) is 3.72. The van der Waals surface area contributed by atoms with Gasteiger partial charge in [0.25, 0.3) is 10.1 Å². The van der Waals surface area contributed by atoms with E-state index in [0.717, 1.165) is 18.4 Å². The smallest absolute Gasteiger partial charge is 0.265 e. The Kier molecular flexibility index (Phi) is 5.49. The summed E-state index contributed by atoms with van der Waals surface area (Å²) in [5.41, 5.74) is 0.876. The Morgan fingerprint density at radius 1 is 1.12 bits per heavy atom. The van der Waals surface area contributed by atoms with Crippen LogP contribution < -0.4 is 0 Å². The van der Waals surface area contributed by atoms with E-state index in [1.54, 1.807) is 0 Å². The Hall–Kier alpha value is -0.870. The van der Waals surface area contributed by atoms with Gasteiger partial charge in [-0.15, -0.1) is 0 Å². The number of benzene rings is 1. The van der Waals surface area contributed by atoms with Gasteiger partial charge in [0.15, 0.2) is 0 Å². The van der Waals surface area contributed by atoms with Crippen molar-refractivity contribution in [3.8, 4) is 0 Å². The maximum absolute atomic E-state index is 11.5. The molecule has 0 heterocycles. The molecule has 1 aromatic carbocycles. The molecule has 4 heteroatoms. The molecule has 0 aliphatic heterocycles. The molecule has 0 spiro atoms. The fourth-order valence-corrected chi connectivity index (χ4v) is 2.31. The molecule has 1 aromatic rings. The van der Waals surface area contributed by atoms with Gasteiger partial charge in [0.05, 0.1) is 12.4 Å². The van der Waals surface area contributed by atoms with Gasteiger partial charge >= 0.3 is 0 Å². The van der Waals surface area contributed by atoms with E-state index in [0.29, 0.717) is 6.42 Å². The van der Waals surface area contributed by atoms with Crippen LogP contribution in [-0.4, -0.2) is 14.2 Å². The zero-order valence-corrected chi connectivity index (χ0v) is 10.4. The number of hydrogen-bond acceptors (Lipinski definition) is 3. The average molecular weight is 242 g/mol. The van der Waals surface area contributed by atoms with Gasteiger partial charge in [0, 0.05) is 0 Å². The molecule has 0 aliphatic carbocycles. The summed E-state index contributed by atoms with van der Waals surface area (Å²) in [6, 6.07) is 9.31. The normalized spacial score (nSPS) is 11.6. The van der Waals surface area contributed by atoms with E-state index in [1.165, 1.54) is 0 Å². The zero-order valence-electron chi connectivity index (χ0n) is 9.56. The minimum absolute atomic E-state index is 0.119. The SMILES string of the molecule is CCCCCS(=O)(=O)OCc1ccccc1. The van der Waals surface area contributed by atoms with E-state index in [-0.39, 0.29) is 12.4 Å². The highest BCUT2D eigenvalue weighted by Crippen LogP contribution is 2.06. The van der Waals surface area contributed by atoms with E-state index in [1.807, 2.05) is 37.3 Å². The van der Waals surface area contributed by atoms with Gasteiger partial charge in [-0.05, 0) is 12.0 Å². The van der Waals surface area contributed by atoms with Gasteiger partial charge in [-0.25, -0.2) is 0 Å². The minimum Gasteiger partial charge on any atom is -0.265 e. The first kappa shape index (κ1) is 13.2. The van der Waals surface area contributed by atoms with E-state index < -0.39 is 10.1 Å². The van der Waals surface area contributed by atoms with Crippen LogP contribution in [0.4, 0.5) is 0 Å². The van der Waals surface area contributed by atoms with Gasteiger partial charge < -0.3 is 0 Å². The zero-order chi connectivity index (χ0) is 11.9. The van der Waals surface area contributed by atoms with Gasteiger partial charge in [-0.3, -0.25) is 4.18 Å². The van der Waals surface area contributed by atoms with Crippen molar-refractivity contribution in [2.75, 3.05) is 5.75 Å².